The summed E-state index contributed by atoms with van der Waals surface area (Å²) in [4.78, 5) is 32.8. The number of hydrogen-bond donors (Lipinski definition) is 1. The van der Waals surface area contributed by atoms with Crippen molar-refractivity contribution < 1.29 is 9.59 Å². The van der Waals surface area contributed by atoms with Gasteiger partial charge in [0.25, 0.3) is 0 Å². The first-order chi connectivity index (χ1) is 12.6. The fourth-order valence-corrected chi connectivity index (χ4v) is 3.91. The molecular formula is C19H23N5O2. The van der Waals surface area contributed by atoms with Gasteiger partial charge in [0.2, 0.25) is 11.8 Å². The number of rotatable bonds is 5. The first-order valence-electron chi connectivity index (χ1n) is 9.09. The van der Waals surface area contributed by atoms with Crippen molar-refractivity contribution in [3.8, 4) is 0 Å². The molecule has 0 unspecified atom stereocenters. The first kappa shape index (κ1) is 16.8. The van der Waals surface area contributed by atoms with Crippen molar-refractivity contribution in [2.75, 3.05) is 13.6 Å². The van der Waals surface area contributed by atoms with Crippen LogP contribution in [-0.4, -0.2) is 50.4 Å². The van der Waals surface area contributed by atoms with E-state index in [1.54, 1.807) is 23.0 Å². The van der Waals surface area contributed by atoms with Crippen LogP contribution in [0.4, 0.5) is 0 Å². The number of pyridine rings is 1. The van der Waals surface area contributed by atoms with Crippen LogP contribution in [0.5, 0.6) is 0 Å². The summed E-state index contributed by atoms with van der Waals surface area (Å²) >= 11 is 0. The summed E-state index contributed by atoms with van der Waals surface area (Å²) in [5, 5.41) is 7.45. The summed E-state index contributed by atoms with van der Waals surface area (Å²) in [5.74, 6) is -0.261. The minimum Gasteiger partial charge on any atom is -0.339 e. The van der Waals surface area contributed by atoms with E-state index >= 15 is 0 Å². The molecule has 0 bridgehead atoms. The van der Waals surface area contributed by atoms with Gasteiger partial charge in [0, 0.05) is 31.9 Å². The number of amides is 2. The Morgan fingerprint density at radius 3 is 3.08 bits per heavy atom. The number of H-pyrrole nitrogens is 1. The molecule has 26 heavy (non-hydrogen) atoms. The summed E-state index contributed by atoms with van der Waals surface area (Å²) in [6.45, 7) is 1.41. The quantitative estimate of drug-likeness (QED) is 0.878. The second-order valence-electron chi connectivity index (χ2n) is 7.17. The number of aryl methyl sites for hydroxylation is 1. The summed E-state index contributed by atoms with van der Waals surface area (Å²) in [7, 11) is 1.80. The fourth-order valence-electron chi connectivity index (χ4n) is 3.91. The van der Waals surface area contributed by atoms with Crippen molar-refractivity contribution in [2.24, 2.45) is 5.92 Å². The standard InChI is InChI=1S/C19H23N5O2/c1-23(12-17-15-6-4-7-16(15)21-22-17)19(26)13-9-18(25)24(10-13)11-14-5-2-3-8-20-14/h2-3,5,8,13H,4,6-7,9-12H2,1H3,(H,21,22)/t13-/m1/s1. The molecule has 0 spiro atoms. The minimum atomic E-state index is -0.289. The van der Waals surface area contributed by atoms with E-state index in [9.17, 15) is 9.59 Å². The normalized spacial score (nSPS) is 19.0. The van der Waals surface area contributed by atoms with Gasteiger partial charge in [-0.05, 0) is 37.0 Å². The number of aromatic nitrogens is 3. The number of fused-ring (bicyclic) bond motifs is 1. The Balaban J connectivity index is 1.38. The highest BCUT2D eigenvalue weighted by atomic mass is 16.2. The second-order valence-corrected chi connectivity index (χ2v) is 7.17. The molecule has 2 aromatic rings. The van der Waals surface area contributed by atoms with Gasteiger partial charge in [-0.25, -0.2) is 0 Å². The Morgan fingerprint density at radius 2 is 2.27 bits per heavy atom. The number of hydrogen-bond acceptors (Lipinski definition) is 4. The van der Waals surface area contributed by atoms with Gasteiger partial charge in [0.1, 0.15) is 0 Å². The smallest absolute Gasteiger partial charge is 0.228 e. The molecule has 1 N–H and O–H groups in total. The van der Waals surface area contributed by atoms with E-state index in [0.29, 0.717) is 19.6 Å². The second kappa shape index (κ2) is 6.90. The van der Waals surface area contributed by atoms with Crippen LogP contribution in [0.1, 0.15) is 35.5 Å². The summed E-state index contributed by atoms with van der Waals surface area (Å²) in [5.41, 5.74) is 4.28. The lowest BCUT2D eigenvalue weighted by Crippen LogP contribution is -2.34. The third kappa shape index (κ3) is 3.21. The largest absolute Gasteiger partial charge is 0.339 e. The van der Waals surface area contributed by atoms with Crippen LogP contribution in [0.25, 0.3) is 0 Å². The number of nitrogens with one attached hydrogen (secondary N) is 1. The van der Waals surface area contributed by atoms with E-state index in [4.69, 9.17) is 0 Å². The Kier molecular flexibility index (Phi) is 4.44. The van der Waals surface area contributed by atoms with Crippen molar-refractivity contribution in [3.05, 3.63) is 47.0 Å². The highest BCUT2D eigenvalue weighted by Crippen LogP contribution is 2.25. The Bertz CT molecular complexity index is 817. The van der Waals surface area contributed by atoms with Crippen LogP contribution >= 0.6 is 0 Å². The molecule has 0 radical (unpaired) electrons. The number of carbonyl (C=O) groups is 2. The highest BCUT2D eigenvalue weighted by molar-refractivity contribution is 5.89. The molecule has 7 nitrogen and oxygen atoms in total. The highest BCUT2D eigenvalue weighted by Gasteiger charge is 2.36. The third-order valence-corrected chi connectivity index (χ3v) is 5.30. The fraction of sp³-hybridized carbons (Fsp3) is 0.474. The summed E-state index contributed by atoms with van der Waals surface area (Å²) in [6, 6.07) is 5.65. The maximum Gasteiger partial charge on any atom is 0.228 e. The molecule has 0 saturated carbocycles. The van der Waals surface area contributed by atoms with Crippen LogP contribution in [0.3, 0.4) is 0 Å². The van der Waals surface area contributed by atoms with Gasteiger partial charge in [-0.1, -0.05) is 6.07 Å². The van der Waals surface area contributed by atoms with E-state index in [0.717, 1.165) is 30.7 Å². The van der Waals surface area contributed by atoms with Crippen LogP contribution in [-0.2, 0) is 35.5 Å². The van der Waals surface area contributed by atoms with Gasteiger partial charge in [0.05, 0.1) is 30.4 Å². The van der Waals surface area contributed by atoms with Gasteiger partial charge in [-0.2, -0.15) is 5.10 Å². The number of nitrogens with zero attached hydrogens (tertiary/aromatic N) is 4. The average molecular weight is 353 g/mol. The number of likely N-dealkylation sites (tertiary alicyclic amines) is 1. The molecule has 3 heterocycles. The summed E-state index contributed by atoms with van der Waals surface area (Å²) in [6.07, 6.45) is 5.21. The lowest BCUT2D eigenvalue weighted by atomic mass is 10.1. The monoisotopic (exact) mass is 353 g/mol. The molecule has 1 aliphatic heterocycles. The lowest BCUT2D eigenvalue weighted by Gasteiger charge is -2.21. The first-order valence-corrected chi connectivity index (χ1v) is 9.09. The zero-order valence-electron chi connectivity index (χ0n) is 14.9. The van der Waals surface area contributed by atoms with Gasteiger partial charge in [0.15, 0.2) is 0 Å². The van der Waals surface area contributed by atoms with E-state index < -0.39 is 0 Å². The van der Waals surface area contributed by atoms with Gasteiger partial charge >= 0.3 is 0 Å². The Labute approximate surface area is 152 Å². The minimum absolute atomic E-state index is 0.0108. The van der Waals surface area contributed by atoms with E-state index in [1.807, 2.05) is 18.2 Å². The third-order valence-electron chi connectivity index (χ3n) is 5.30. The maximum absolute atomic E-state index is 12.8. The zero-order valence-corrected chi connectivity index (χ0v) is 14.9. The SMILES string of the molecule is CN(Cc1n[nH]c2c1CCC2)C(=O)[C@@H]1CC(=O)N(Cc2ccccn2)C1. The van der Waals surface area contributed by atoms with E-state index in [1.165, 1.54) is 11.3 Å². The van der Waals surface area contributed by atoms with Crippen LogP contribution < -0.4 is 0 Å². The zero-order chi connectivity index (χ0) is 18.1. The number of aromatic amines is 1. The van der Waals surface area contributed by atoms with Crippen LogP contribution in [0, 0.1) is 5.92 Å². The molecule has 7 heteroatoms. The molecule has 1 saturated heterocycles. The van der Waals surface area contributed by atoms with Crippen LogP contribution in [0.2, 0.25) is 0 Å². The molecule has 2 aromatic heterocycles. The van der Waals surface area contributed by atoms with Crippen molar-refractivity contribution in [3.63, 3.8) is 0 Å². The van der Waals surface area contributed by atoms with Crippen molar-refractivity contribution >= 4 is 11.8 Å². The van der Waals surface area contributed by atoms with E-state index in [2.05, 4.69) is 15.2 Å². The van der Waals surface area contributed by atoms with Gasteiger partial charge in [-0.15, -0.1) is 0 Å². The molecular weight excluding hydrogens is 330 g/mol. The van der Waals surface area contributed by atoms with E-state index in [-0.39, 0.29) is 24.2 Å². The van der Waals surface area contributed by atoms with Gasteiger partial charge in [-0.3, -0.25) is 19.7 Å². The topological polar surface area (TPSA) is 82.2 Å². The molecule has 0 aromatic carbocycles. The molecule has 4 rings (SSSR count). The maximum atomic E-state index is 12.8. The van der Waals surface area contributed by atoms with Crippen molar-refractivity contribution in [2.45, 2.75) is 38.8 Å². The van der Waals surface area contributed by atoms with Crippen molar-refractivity contribution in [1.29, 1.82) is 0 Å². The summed E-state index contributed by atoms with van der Waals surface area (Å²) < 4.78 is 0. The van der Waals surface area contributed by atoms with Crippen LogP contribution in [0.15, 0.2) is 24.4 Å². The molecule has 1 atom stereocenters. The number of carbonyl (C=O) groups excluding carboxylic acids is 2. The molecule has 1 fully saturated rings. The Morgan fingerprint density at radius 1 is 1.38 bits per heavy atom. The lowest BCUT2D eigenvalue weighted by molar-refractivity contribution is -0.135. The molecule has 2 amide bonds. The molecule has 2 aliphatic rings. The predicted molar refractivity (Wildman–Crippen MR) is 94.8 cm³/mol. The predicted octanol–water partition coefficient (Wildman–Crippen LogP) is 1.30. The Hall–Kier alpha value is -2.70. The average Bonchev–Trinajstić information content (AvgIpc) is 3.34. The van der Waals surface area contributed by atoms with Crippen molar-refractivity contribution in [1.82, 2.24) is 25.0 Å². The van der Waals surface area contributed by atoms with Gasteiger partial charge < -0.3 is 9.80 Å². The molecule has 136 valence electrons. The molecule has 1 aliphatic carbocycles.